The molecule has 7 heteroatoms. The van der Waals surface area contributed by atoms with Crippen LogP contribution in [0.2, 0.25) is 0 Å². The van der Waals surface area contributed by atoms with Crippen LogP contribution in [-0.2, 0) is 16.6 Å². The number of piperidine rings is 1. The van der Waals surface area contributed by atoms with Crippen LogP contribution in [0.25, 0.3) is 10.8 Å². The van der Waals surface area contributed by atoms with Crippen LogP contribution in [0, 0.1) is 0 Å². The normalized spacial score (nSPS) is 17.0. The van der Waals surface area contributed by atoms with Crippen LogP contribution in [0.15, 0.2) is 47.5 Å². The molecule has 28 heavy (non-hydrogen) atoms. The van der Waals surface area contributed by atoms with Gasteiger partial charge in [-0.05, 0) is 41.7 Å². The SMILES string of the molecule is CCCS(=O)(=O)N1CCC(NC(=NC)NCc2ccc3ccccc3c2)CC1. The van der Waals surface area contributed by atoms with E-state index in [0.29, 0.717) is 26.1 Å². The predicted molar refractivity (Wildman–Crippen MR) is 116 cm³/mol. The van der Waals surface area contributed by atoms with E-state index in [4.69, 9.17) is 0 Å². The van der Waals surface area contributed by atoms with Crippen LogP contribution in [0.1, 0.15) is 31.7 Å². The highest BCUT2D eigenvalue weighted by Gasteiger charge is 2.27. The van der Waals surface area contributed by atoms with Crippen LogP contribution in [0.4, 0.5) is 0 Å². The van der Waals surface area contributed by atoms with Gasteiger partial charge in [0.25, 0.3) is 0 Å². The highest BCUT2D eigenvalue weighted by atomic mass is 32.2. The molecule has 2 N–H and O–H groups in total. The Morgan fingerprint density at radius 1 is 1.14 bits per heavy atom. The Hall–Kier alpha value is -2.12. The summed E-state index contributed by atoms with van der Waals surface area (Å²) in [6, 6.07) is 15.0. The molecule has 0 bridgehead atoms. The molecule has 0 unspecified atom stereocenters. The van der Waals surface area contributed by atoms with Crippen molar-refractivity contribution in [3.8, 4) is 0 Å². The molecule has 2 aromatic rings. The van der Waals surface area contributed by atoms with Gasteiger partial charge in [-0.1, -0.05) is 43.3 Å². The van der Waals surface area contributed by atoms with Gasteiger partial charge in [0.15, 0.2) is 5.96 Å². The van der Waals surface area contributed by atoms with Crippen molar-refractivity contribution in [2.75, 3.05) is 25.9 Å². The highest BCUT2D eigenvalue weighted by Crippen LogP contribution is 2.16. The van der Waals surface area contributed by atoms with E-state index in [1.807, 2.05) is 19.1 Å². The Bertz CT molecular complexity index is 919. The quantitative estimate of drug-likeness (QED) is 0.576. The highest BCUT2D eigenvalue weighted by molar-refractivity contribution is 7.89. The number of rotatable bonds is 6. The van der Waals surface area contributed by atoms with E-state index in [1.54, 1.807) is 11.4 Å². The molecule has 0 spiro atoms. The molecule has 1 aliphatic rings. The van der Waals surface area contributed by atoms with E-state index in [-0.39, 0.29) is 11.8 Å². The summed E-state index contributed by atoms with van der Waals surface area (Å²) in [6.45, 7) is 3.73. The lowest BCUT2D eigenvalue weighted by molar-refractivity contribution is 0.306. The summed E-state index contributed by atoms with van der Waals surface area (Å²) in [5, 5.41) is 9.26. The van der Waals surface area contributed by atoms with Gasteiger partial charge in [-0.25, -0.2) is 12.7 Å². The fourth-order valence-corrected chi connectivity index (χ4v) is 5.13. The van der Waals surface area contributed by atoms with Crippen molar-refractivity contribution in [2.24, 2.45) is 4.99 Å². The zero-order chi connectivity index (χ0) is 20.0. The average Bonchev–Trinajstić information content (AvgIpc) is 2.71. The molecule has 152 valence electrons. The zero-order valence-corrected chi connectivity index (χ0v) is 17.5. The van der Waals surface area contributed by atoms with E-state index >= 15 is 0 Å². The standard InChI is InChI=1S/C21H30N4O2S/c1-3-14-28(26,27)25-12-10-20(11-13-25)24-21(22-2)23-16-17-8-9-18-6-4-5-7-19(18)15-17/h4-9,15,20H,3,10-14,16H2,1-2H3,(H2,22,23,24). The van der Waals surface area contributed by atoms with Crippen molar-refractivity contribution in [1.82, 2.24) is 14.9 Å². The van der Waals surface area contributed by atoms with Crippen molar-refractivity contribution < 1.29 is 8.42 Å². The maximum absolute atomic E-state index is 12.2. The minimum absolute atomic E-state index is 0.232. The summed E-state index contributed by atoms with van der Waals surface area (Å²) in [6.07, 6.45) is 2.24. The molecular weight excluding hydrogens is 372 g/mol. The second kappa shape index (κ2) is 9.39. The van der Waals surface area contributed by atoms with Gasteiger partial charge in [0.1, 0.15) is 0 Å². The fraction of sp³-hybridized carbons (Fsp3) is 0.476. The summed E-state index contributed by atoms with van der Waals surface area (Å²) in [5.74, 6) is 0.989. The van der Waals surface area contributed by atoms with E-state index < -0.39 is 10.0 Å². The maximum Gasteiger partial charge on any atom is 0.214 e. The number of fused-ring (bicyclic) bond motifs is 1. The third kappa shape index (κ3) is 5.23. The van der Waals surface area contributed by atoms with Gasteiger partial charge < -0.3 is 10.6 Å². The first kappa shape index (κ1) is 20.6. The molecule has 2 aromatic carbocycles. The molecular formula is C21H30N4O2S. The molecule has 1 fully saturated rings. The minimum atomic E-state index is -3.10. The van der Waals surface area contributed by atoms with Crippen molar-refractivity contribution >= 4 is 26.8 Å². The first-order valence-corrected chi connectivity index (χ1v) is 11.6. The Labute approximate surface area is 168 Å². The second-order valence-corrected chi connectivity index (χ2v) is 9.33. The molecule has 0 aliphatic carbocycles. The fourth-order valence-electron chi connectivity index (χ4n) is 3.59. The topological polar surface area (TPSA) is 73.8 Å². The molecule has 1 heterocycles. The Kier molecular flexibility index (Phi) is 6.91. The van der Waals surface area contributed by atoms with E-state index in [1.165, 1.54) is 16.3 Å². The van der Waals surface area contributed by atoms with E-state index in [9.17, 15) is 8.42 Å². The first-order valence-electron chi connectivity index (χ1n) is 9.94. The number of nitrogens with one attached hydrogen (secondary N) is 2. The van der Waals surface area contributed by atoms with Gasteiger partial charge in [0, 0.05) is 32.7 Å². The number of nitrogens with zero attached hydrogens (tertiary/aromatic N) is 2. The second-order valence-electron chi connectivity index (χ2n) is 7.24. The number of hydrogen-bond donors (Lipinski definition) is 2. The van der Waals surface area contributed by atoms with Gasteiger partial charge in [-0.3, -0.25) is 4.99 Å². The average molecular weight is 403 g/mol. The number of aliphatic imine (C=N–C) groups is 1. The van der Waals surface area contributed by atoms with Gasteiger partial charge in [-0.2, -0.15) is 0 Å². The molecule has 0 atom stereocenters. The Balaban J connectivity index is 1.51. The first-order chi connectivity index (χ1) is 13.5. The van der Waals surface area contributed by atoms with Crippen LogP contribution < -0.4 is 10.6 Å². The summed E-state index contributed by atoms with van der Waals surface area (Å²) in [5.41, 5.74) is 1.20. The van der Waals surface area contributed by atoms with E-state index in [0.717, 1.165) is 18.8 Å². The van der Waals surface area contributed by atoms with Crippen molar-refractivity contribution in [2.45, 2.75) is 38.8 Å². The van der Waals surface area contributed by atoms with Crippen molar-refractivity contribution in [3.05, 3.63) is 48.0 Å². The van der Waals surface area contributed by atoms with E-state index in [2.05, 4.69) is 46.0 Å². The van der Waals surface area contributed by atoms with Crippen LogP contribution in [0.3, 0.4) is 0 Å². The third-order valence-electron chi connectivity index (χ3n) is 5.15. The summed E-state index contributed by atoms with van der Waals surface area (Å²) in [4.78, 5) is 4.32. The van der Waals surface area contributed by atoms with Gasteiger partial charge in [0.05, 0.1) is 5.75 Å². The van der Waals surface area contributed by atoms with Gasteiger partial charge >= 0.3 is 0 Å². The Morgan fingerprint density at radius 2 is 1.86 bits per heavy atom. The molecule has 6 nitrogen and oxygen atoms in total. The molecule has 0 amide bonds. The minimum Gasteiger partial charge on any atom is -0.354 e. The lowest BCUT2D eigenvalue weighted by Gasteiger charge is -2.32. The molecule has 3 rings (SSSR count). The monoisotopic (exact) mass is 402 g/mol. The summed E-state index contributed by atoms with van der Waals surface area (Å²) >= 11 is 0. The number of guanidine groups is 1. The van der Waals surface area contributed by atoms with Crippen molar-refractivity contribution in [1.29, 1.82) is 0 Å². The maximum atomic E-state index is 12.2. The number of benzene rings is 2. The Morgan fingerprint density at radius 3 is 2.54 bits per heavy atom. The molecule has 1 saturated heterocycles. The molecule has 0 aromatic heterocycles. The lowest BCUT2D eigenvalue weighted by atomic mass is 10.1. The number of sulfonamides is 1. The van der Waals surface area contributed by atoms with Crippen LogP contribution in [0.5, 0.6) is 0 Å². The largest absolute Gasteiger partial charge is 0.354 e. The molecule has 0 radical (unpaired) electrons. The van der Waals surface area contributed by atoms with Gasteiger partial charge in [0.2, 0.25) is 10.0 Å². The van der Waals surface area contributed by atoms with Gasteiger partial charge in [-0.15, -0.1) is 0 Å². The van der Waals surface area contributed by atoms with Crippen LogP contribution >= 0.6 is 0 Å². The zero-order valence-electron chi connectivity index (χ0n) is 16.7. The van der Waals surface area contributed by atoms with Crippen molar-refractivity contribution in [3.63, 3.8) is 0 Å². The lowest BCUT2D eigenvalue weighted by Crippen LogP contribution is -2.49. The van der Waals surface area contributed by atoms with Crippen LogP contribution in [-0.4, -0.2) is 50.6 Å². The smallest absolute Gasteiger partial charge is 0.214 e. The predicted octanol–water partition coefficient (Wildman–Crippen LogP) is 2.71. The molecule has 1 aliphatic heterocycles. The third-order valence-corrected chi connectivity index (χ3v) is 7.22. The molecule has 0 saturated carbocycles. The summed E-state index contributed by atoms with van der Waals surface area (Å²) < 4.78 is 26.0. The summed E-state index contributed by atoms with van der Waals surface area (Å²) in [7, 11) is -1.33. The number of hydrogen-bond acceptors (Lipinski definition) is 3.